The van der Waals surface area contributed by atoms with Crippen molar-refractivity contribution in [1.82, 2.24) is 0 Å². The Morgan fingerprint density at radius 1 is 0.909 bits per heavy atom. The van der Waals surface area contributed by atoms with Gasteiger partial charge in [0.25, 0.3) is 0 Å². The number of benzene rings is 2. The molecule has 1 unspecified atom stereocenters. The van der Waals surface area contributed by atoms with Gasteiger partial charge in [-0.25, -0.2) is 4.79 Å². The van der Waals surface area contributed by atoms with Crippen LogP contribution in [0, 0.1) is 0 Å². The average molecular weight is 298 g/mol. The van der Waals surface area contributed by atoms with Crippen LogP contribution in [0.2, 0.25) is 0 Å². The highest BCUT2D eigenvalue weighted by atomic mass is 16.6. The molecule has 4 heteroatoms. The van der Waals surface area contributed by atoms with Gasteiger partial charge in [0.05, 0.1) is 0 Å². The monoisotopic (exact) mass is 298 g/mol. The standard InChI is InChI=1S/C18H18O4/c1-14(19)22-17(12-15-8-4-2-5-9-15)18(20)21-13-16-10-6-3-7-11-16/h2-11,17H,12-13H2,1H3. The summed E-state index contributed by atoms with van der Waals surface area (Å²) in [5, 5.41) is 0. The van der Waals surface area contributed by atoms with Gasteiger partial charge in [0, 0.05) is 13.3 Å². The third kappa shape index (κ3) is 5.05. The first-order valence-corrected chi connectivity index (χ1v) is 7.07. The average Bonchev–Trinajstić information content (AvgIpc) is 2.53. The molecule has 0 saturated carbocycles. The van der Waals surface area contributed by atoms with Crippen molar-refractivity contribution in [2.24, 2.45) is 0 Å². The van der Waals surface area contributed by atoms with Crippen LogP contribution in [0.15, 0.2) is 60.7 Å². The van der Waals surface area contributed by atoms with Gasteiger partial charge >= 0.3 is 11.9 Å². The van der Waals surface area contributed by atoms with Gasteiger partial charge in [0.2, 0.25) is 6.10 Å². The fraction of sp³-hybridized carbons (Fsp3) is 0.222. The minimum atomic E-state index is -0.927. The van der Waals surface area contributed by atoms with Gasteiger partial charge in [-0.15, -0.1) is 0 Å². The molecule has 114 valence electrons. The molecular weight excluding hydrogens is 280 g/mol. The lowest BCUT2D eigenvalue weighted by Gasteiger charge is -2.16. The molecule has 2 aromatic rings. The zero-order valence-electron chi connectivity index (χ0n) is 12.4. The maximum absolute atomic E-state index is 12.2. The summed E-state index contributed by atoms with van der Waals surface area (Å²) < 4.78 is 10.3. The second-order valence-electron chi connectivity index (χ2n) is 4.88. The number of ether oxygens (including phenoxy) is 2. The molecule has 0 aromatic heterocycles. The van der Waals surface area contributed by atoms with Crippen LogP contribution >= 0.6 is 0 Å². The number of rotatable bonds is 6. The van der Waals surface area contributed by atoms with E-state index in [0.29, 0.717) is 6.42 Å². The first-order valence-electron chi connectivity index (χ1n) is 7.07. The van der Waals surface area contributed by atoms with Gasteiger partial charge in [-0.1, -0.05) is 60.7 Å². The largest absolute Gasteiger partial charge is 0.458 e. The lowest BCUT2D eigenvalue weighted by atomic mass is 10.1. The quantitative estimate of drug-likeness (QED) is 0.769. The summed E-state index contributed by atoms with van der Waals surface area (Å²) in [6.45, 7) is 1.44. The molecule has 0 radical (unpaired) electrons. The highest BCUT2D eigenvalue weighted by Crippen LogP contribution is 2.10. The smallest absolute Gasteiger partial charge is 0.348 e. The van der Waals surface area contributed by atoms with Crippen molar-refractivity contribution < 1.29 is 19.1 Å². The molecule has 0 bridgehead atoms. The van der Waals surface area contributed by atoms with Crippen LogP contribution in [0.5, 0.6) is 0 Å². The van der Waals surface area contributed by atoms with Crippen molar-refractivity contribution in [2.45, 2.75) is 26.1 Å². The van der Waals surface area contributed by atoms with Crippen LogP contribution in [0.25, 0.3) is 0 Å². The van der Waals surface area contributed by atoms with Gasteiger partial charge in [0.15, 0.2) is 0 Å². The van der Waals surface area contributed by atoms with Crippen molar-refractivity contribution in [3.05, 3.63) is 71.8 Å². The molecule has 1 atom stereocenters. The normalized spacial score (nSPS) is 11.5. The Morgan fingerprint density at radius 2 is 1.45 bits per heavy atom. The van der Waals surface area contributed by atoms with Crippen molar-refractivity contribution >= 4 is 11.9 Å². The maximum Gasteiger partial charge on any atom is 0.348 e. The third-order valence-corrected chi connectivity index (χ3v) is 3.06. The Hall–Kier alpha value is -2.62. The van der Waals surface area contributed by atoms with Gasteiger partial charge in [-0.05, 0) is 11.1 Å². The Morgan fingerprint density at radius 3 is 2.00 bits per heavy atom. The molecule has 2 rings (SSSR count). The lowest BCUT2D eigenvalue weighted by molar-refractivity contribution is -0.167. The minimum absolute atomic E-state index is 0.159. The van der Waals surface area contributed by atoms with Crippen LogP contribution in [-0.4, -0.2) is 18.0 Å². The summed E-state index contributed by atoms with van der Waals surface area (Å²) in [5.41, 5.74) is 1.79. The number of esters is 2. The van der Waals surface area contributed by atoms with Gasteiger partial charge in [0.1, 0.15) is 6.61 Å². The zero-order chi connectivity index (χ0) is 15.8. The van der Waals surface area contributed by atoms with Gasteiger partial charge in [-0.2, -0.15) is 0 Å². The van der Waals surface area contributed by atoms with E-state index in [-0.39, 0.29) is 6.61 Å². The number of carbonyl (C=O) groups excluding carboxylic acids is 2. The molecule has 0 heterocycles. The minimum Gasteiger partial charge on any atom is -0.458 e. The van der Waals surface area contributed by atoms with E-state index in [1.54, 1.807) is 0 Å². The van der Waals surface area contributed by atoms with Crippen molar-refractivity contribution in [2.75, 3.05) is 0 Å². The number of hydrogen-bond donors (Lipinski definition) is 0. The van der Waals surface area contributed by atoms with Gasteiger partial charge < -0.3 is 9.47 Å². The zero-order valence-corrected chi connectivity index (χ0v) is 12.4. The van der Waals surface area contributed by atoms with Crippen LogP contribution in [0.1, 0.15) is 18.1 Å². The molecule has 0 aliphatic rings. The van der Waals surface area contributed by atoms with E-state index in [2.05, 4.69) is 0 Å². The molecule has 0 N–H and O–H groups in total. The fourth-order valence-corrected chi connectivity index (χ4v) is 2.02. The van der Waals surface area contributed by atoms with E-state index >= 15 is 0 Å². The lowest BCUT2D eigenvalue weighted by Crippen LogP contribution is -2.30. The van der Waals surface area contributed by atoms with E-state index in [9.17, 15) is 9.59 Å². The van der Waals surface area contributed by atoms with Crippen LogP contribution < -0.4 is 0 Å². The fourth-order valence-electron chi connectivity index (χ4n) is 2.02. The number of carbonyl (C=O) groups is 2. The summed E-state index contributed by atoms with van der Waals surface area (Å²) in [5.74, 6) is -1.04. The van der Waals surface area contributed by atoms with Gasteiger partial charge in [-0.3, -0.25) is 4.79 Å². The first kappa shape index (κ1) is 15.8. The summed E-state index contributed by atoms with van der Waals surface area (Å²) >= 11 is 0. The summed E-state index contributed by atoms with van der Waals surface area (Å²) in [6, 6.07) is 18.7. The highest BCUT2D eigenvalue weighted by molar-refractivity contribution is 5.78. The predicted octanol–water partition coefficient (Wildman–Crippen LogP) is 2.90. The maximum atomic E-state index is 12.2. The second-order valence-corrected chi connectivity index (χ2v) is 4.88. The Bertz CT molecular complexity index is 607. The predicted molar refractivity (Wildman–Crippen MR) is 81.9 cm³/mol. The Kier molecular flexibility index (Phi) is 5.72. The van der Waals surface area contributed by atoms with Crippen molar-refractivity contribution in [3.63, 3.8) is 0 Å². The van der Waals surface area contributed by atoms with E-state index < -0.39 is 18.0 Å². The van der Waals surface area contributed by atoms with E-state index in [1.807, 2.05) is 60.7 Å². The van der Waals surface area contributed by atoms with Crippen LogP contribution in [0.4, 0.5) is 0 Å². The number of hydrogen-bond acceptors (Lipinski definition) is 4. The third-order valence-electron chi connectivity index (χ3n) is 3.06. The van der Waals surface area contributed by atoms with Crippen LogP contribution in [0.3, 0.4) is 0 Å². The molecule has 2 aromatic carbocycles. The molecule has 0 saturated heterocycles. The first-order chi connectivity index (χ1) is 10.6. The summed E-state index contributed by atoms with van der Waals surface area (Å²) in [4.78, 5) is 23.4. The van der Waals surface area contributed by atoms with E-state index in [4.69, 9.17) is 9.47 Å². The van der Waals surface area contributed by atoms with Crippen molar-refractivity contribution in [3.8, 4) is 0 Å². The molecule has 0 aliphatic carbocycles. The van der Waals surface area contributed by atoms with Crippen molar-refractivity contribution in [1.29, 1.82) is 0 Å². The molecule has 0 amide bonds. The van der Waals surface area contributed by atoms with E-state index in [0.717, 1.165) is 11.1 Å². The summed E-state index contributed by atoms with van der Waals surface area (Å²) in [7, 11) is 0. The molecule has 22 heavy (non-hydrogen) atoms. The Balaban J connectivity index is 1.98. The SMILES string of the molecule is CC(=O)OC(Cc1ccccc1)C(=O)OCc1ccccc1. The summed E-state index contributed by atoms with van der Waals surface area (Å²) in [6.07, 6.45) is -0.628. The molecule has 4 nitrogen and oxygen atoms in total. The molecule has 0 aliphatic heterocycles. The second kappa shape index (κ2) is 7.98. The Labute approximate surface area is 129 Å². The highest BCUT2D eigenvalue weighted by Gasteiger charge is 2.23. The topological polar surface area (TPSA) is 52.6 Å². The van der Waals surface area contributed by atoms with E-state index in [1.165, 1.54) is 6.92 Å². The molecule has 0 fully saturated rings. The molecular formula is C18H18O4. The van der Waals surface area contributed by atoms with Crippen LogP contribution in [-0.2, 0) is 32.1 Å². The molecule has 0 spiro atoms.